The van der Waals surface area contributed by atoms with Crippen LogP contribution in [-0.4, -0.2) is 49.0 Å². The van der Waals surface area contributed by atoms with Crippen molar-refractivity contribution in [2.75, 3.05) is 33.0 Å². The van der Waals surface area contributed by atoms with Crippen molar-refractivity contribution < 1.29 is 28.5 Å². The van der Waals surface area contributed by atoms with Gasteiger partial charge in [0.15, 0.2) is 11.5 Å². The lowest BCUT2D eigenvalue weighted by atomic mass is 10.0. The van der Waals surface area contributed by atoms with E-state index in [0.717, 1.165) is 40.0 Å². The number of benzene rings is 3. The quantitative estimate of drug-likeness (QED) is 0.155. The van der Waals surface area contributed by atoms with Crippen molar-refractivity contribution in [1.29, 1.82) is 0 Å². The molecule has 7 nitrogen and oxygen atoms in total. The predicted octanol–water partition coefficient (Wildman–Crippen LogP) is 7.40. The van der Waals surface area contributed by atoms with Gasteiger partial charge in [-0.15, -0.1) is 0 Å². The van der Waals surface area contributed by atoms with E-state index in [-0.39, 0.29) is 24.3 Å². The van der Waals surface area contributed by atoms with E-state index in [2.05, 4.69) is 26.0 Å². The van der Waals surface area contributed by atoms with E-state index in [9.17, 15) is 9.59 Å². The molecule has 0 aliphatic carbocycles. The first kappa shape index (κ1) is 30.1. The third kappa shape index (κ3) is 8.07. The monoisotopic (exact) mass is 575 g/mol. The summed E-state index contributed by atoms with van der Waals surface area (Å²) in [7, 11) is 0. The summed E-state index contributed by atoms with van der Waals surface area (Å²) in [6, 6.07) is 19.4. The van der Waals surface area contributed by atoms with Crippen LogP contribution in [-0.2, 0) is 4.79 Å². The molecule has 1 aliphatic rings. The summed E-state index contributed by atoms with van der Waals surface area (Å²) in [5.41, 5.74) is 4.10. The van der Waals surface area contributed by atoms with E-state index >= 15 is 0 Å². The average molecular weight is 576 g/mol. The Balaban J connectivity index is 1.36. The van der Waals surface area contributed by atoms with Crippen LogP contribution in [0, 0.1) is 13.8 Å². The molecule has 1 saturated heterocycles. The zero-order valence-electron chi connectivity index (χ0n) is 24.3. The highest BCUT2D eigenvalue weighted by atomic mass is 32.2. The van der Waals surface area contributed by atoms with Crippen molar-refractivity contribution >= 4 is 29.0 Å². The molecule has 0 spiro atoms. The summed E-state index contributed by atoms with van der Waals surface area (Å²) in [5.74, 6) is 2.69. The number of rotatable bonds is 13. The van der Waals surface area contributed by atoms with E-state index in [1.165, 1.54) is 10.5 Å². The number of hydrogen-bond acceptors (Lipinski definition) is 7. The number of hydrogen-bond donors (Lipinski definition) is 0. The number of amides is 2. The molecule has 0 radical (unpaired) electrons. The Labute approximate surface area is 246 Å². The van der Waals surface area contributed by atoms with E-state index in [4.69, 9.17) is 18.9 Å². The molecule has 1 fully saturated rings. The average Bonchev–Trinajstić information content (AvgIpc) is 3.20. The molecule has 41 heavy (non-hydrogen) atoms. The Morgan fingerprint density at radius 1 is 0.780 bits per heavy atom. The smallest absolute Gasteiger partial charge is 0.293 e. The number of carbonyl (C=O) groups excluding carboxylic acids is 2. The minimum absolute atomic E-state index is 0.176. The molecule has 3 aromatic carbocycles. The van der Waals surface area contributed by atoms with Gasteiger partial charge in [-0.05, 0) is 91.5 Å². The van der Waals surface area contributed by atoms with Crippen molar-refractivity contribution in [1.82, 2.24) is 4.90 Å². The molecule has 1 aliphatic heterocycles. The van der Waals surface area contributed by atoms with Gasteiger partial charge in [0.05, 0.1) is 18.1 Å². The number of thioether (sulfide) groups is 1. The molecule has 0 unspecified atom stereocenters. The number of imide groups is 1. The summed E-state index contributed by atoms with van der Waals surface area (Å²) in [5, 5.41) is -0.309. The fourth-order valence-electron chi connectivity index (χ4n) is 4.28. The highest BCUT2D eigenvalue weighted by Crippen LogP contribution is 2.35. The summed E-state index contributed by atoms with van der Waals surface area (Å²) >= 11 is 0.927. The third-order valence-electron chi connectivity index (χ3n) is 6.43. The third-order valence-corrected chi connectivity index (χ3v) is 7.34. The highest BCUT2D eigenvalue weighted by Gasteiger charge is 2.35. The van der Waals surface area contributed by atoms with Gasteiger partial charge >= 0.3 is 0 Å². The first-order valence-corrected chi connectivity index (χ1v) is 14.6. The number of carbonyl (C=O) groups is 2. The van der Waals surface area contributed by atoms with Crippen LogP contribution in [0.3, 0.4) is 0 Å². The van der Waals surface area contributed by atoms with Crippen molar-refractivity contribution in [3.63, 3.8) is 0 Å². The zero-order valence-corrected chi connectivity index (χ0v) is 25.1. The summed E-state index contributed by atoms with van der Waals surface area (Å²) in [6.07, 6.45) is 1.70. The molecule has 0 N–H and O–H groups in total. The Morgan fingerprint density at radius 3 is 2.22 bits per heavy atom. The van der Waals surface area contributed by atoms with E-state index in [1.54, 1.807) is 12.1 Å². The highest BCUT2D eigenvalue weighted by molar-refractivity contribution is 8.18. The minimum atomic E-state index is -0.330. The van der Waals surface area contributed by atoms with Crippen LogP contribution in [0.25, 0.3) is 6.08 Å². The van der Waals surface area contributed by atoms with Crippen LogP contribution < -0.4 is 18.9 Å². The van der Waals surface area contributed by atoms with E-state index < -0.39 is 0 Å². The fraction of sp³-hybridized carbons (Fsp3) is 0.333. The van der Waals surface area contributed by atoms with Gasteiger partial charge in [-0.25, -0.2) is 0 Å². The molecule has 1 heterocycles. The van der Waals surface area contributed by atoms with Crippen LogP contribution in [0.1, 0.15) is 48.9 Å². The van der Waals surface area contributed by atoms with Gasteiger partial charge in [-0.3, -0.25) is 14.5 Å². The normalized spacial score (nSPS) is 14.2. The molecule has 216 valence electrons. The van der Waals surface area contributed by atoms with Crippen molar-refractivity contribution in [2.45, 2.75) is 40.5 Å². The lowest BCUT2D eigenvalue weighted by Gasteiger charge is -2.17. The van der Waals surface area contributed by atoms with Crippen LogP contribution >= 0.6 is 11.8 Å². The van der Waals surface area contributed by atoms with Crippen LogP contribution in [0.4, 0.5) is 4.79 Å². The SMILES string of the molecule is CCOc1cc(/C=C2\SC(=O)N(CCOc3cc(C)ccc3C(C)C)C2=O)ccc1OCCOc1ccc(C)cc1. The number of nitrogens with zero attached hydrogens (tertiary/aromatic N) is 1. The Bertz CT molecular complexity index is 1400. The molecule has 2 amide bonds. The zero-order chi connectivity index (χ0) is 29.4. The standard InChI is InChI=1S/C33H37NO6S/c1-6-37-30-20-25(10-14-28(30)40-18-17-38-26-11-7-23(4)8-12-26)21-31-32(35)34(33(36)41-31)15-16-39-29-19-24(5)9-13-27(29)22(2)3/h7-14,19-22H,6,15-18H2,1-5H3/b31-21-. The van der Waals surface area contributed by atoms with Gasteiger partial charge in [0, 0.05) is 0 Å². The van der Waals surface area contributed by atoms with Gasteiger partial charge in [-0.1, -0.05) is 49.7 Å². The van der Waals surface area contributed by atoms with Crippen LogP contribution in [0.2, 0.25) is 0 Å². The first-order chi connectivity index (χ1) is 19.7. The first-order valence-electron chi connectivity index (χ1n) is 13.8. The predicted molar refractivity (Wildman–Crippen MR) is 163 cm³/mol. The number of aryl methyl sites for hydroxylation is 2. The van der Waals surface area contributed by atoms with Crippen molar-refractivity contribution in [2.24, 2.45) is 0 Å². The maximum atomic E-state index is 13.1. The van der Waals surface area contributed by atoms with Gasteiger partial charge in [-0.2, -0.15) is 0 Å². The Morgan fingerprint density at radius 2 is 1.49 bits per heavy atom. The topological polar surface area (TPSA) is 74.3 Å². The van der Waals surface area contributed by atoms with Gasteiger partial charge in [0.1, 0.15) is 31.3 Å². The second-order valence-electron chi connectivity index (χ2n) is 10.0. The second kappa shape index (κ2) is 14.1. The fourth-order valence-corrected chi connectivity index (χ4v) is 5.15. The maximum Gasteiger partial charge on any atom is 0.293 e. The lowest BCUT2D eigenvalue weighted by molar-refractivity contribution is -0.123. The van der Waals surface area contributed by atoms with E-state index in [1.807, 2.05) is 63.2 Å². The van der Waals surface area contributed by atoms with Gasteiger partial charge < -0.3 is 18.9 Å². The van der Waals surface area contributed by atoms with Gasteiger partial charge in [0.2, 0.25) is 0 Å². The van der Waals surface area contributed by atoms with Crippen molar-refractivity contribution in [3.8, 4) is 23.0 Å². The lowest BCUT2D eigenvalue weighted by Crippen LogP contribution is -2.32. The molecule has 0 saturated carbocycles. The molecule has 0 bridgehead atoms. The maximum absolute atomic E-state index is 13.1. The van der Waals surface area contributed by atoms with Crippen LogP contribution in [0.15, 0.2) is 65.6 Å². The van der Waals surface area contributed by atoms with Crippen molar-refractivity contribution in [3.05, 3.63) is 87.8 Å². The largest absolute Gasteiger partial charge is 0.491 e. The molecule has 4 rings (SSSR count). The Kier molecular flexibility index (Phi) is 10.4. The van der Waals surface area contributed by atoms with Gasteiger partial charge in [0.25, 0.3) is 11.1 Å². The Hall–Kier alpha value is -3.91. The van der Waals surface area contributed by atoms with Crippen LogP contribution in [0.5, 0.6) is 23.0 Å². The molecular weight excluding hydrogens is 538 g/mol. The second-order valence-corrected chi connectivity index (χ2v) is 11.0. The summed E-state index contributed by atoms with van der Waals surface area (Å²) in [6.45, 7) is 11.7. The van der Waals surface area contributed by atoms with E-state index in [0.29, 0.717) is 42.1 Å². The minimum Gasteiger partial charge on any atom is -0.491 e. The molecule has 0 aromatic heterocycles. The summed E-state index contributed by atoms with van der Waals surface area (Å²) in [4.78, 5) is 27.3. The molecule has 3 aromatic rings. The number of ether oxygens (including phenoxy) is 4. The molecular formula is C33H37NO6S. The molecule has 0 atom stereocenters. The molecule has 8 heteroatoms. The summed E-state index contributed by atoms with van der Waals surface area (Å²) < 4.78 is 23.4.